The molecule has 1 N–H and O–H groups in total. The van der Waals surface area contributed by atoms with E-state index in [4.69, 9.17) is 4.74 Å². The second kappa shape index (κ2) is 3.50. The van der Waals surface area contributed by atoms with Gasteiger partial charge >= 0.3 is 5.97 Å². The number of hydrogen-bond donors (Lipinski definition) is 1. The summed E-state index contributed by atoms with van der Waals surface area (Å²) in [5, 5.41) is 3.03. The van der Waals surface area contributed by atoms with Crippen LogP contribution in [0.3, 0.4) is 0 Å². The monoisotopic (exact) mass is 183 g/mol. The van der Waals surface area contributed by atoms with Gasteiger partial charge in [0.25, 0.3) is 0 Å². The van der Waals surface area contributed by atoms with Crippen LogP contribution in [0.1, 0.15) is 27.7 Å². The molecule has 0 radical (unpaired) electrons. The van der Waals surface area contributed by atoms with Crippen LogP contribution in [0, 0.1) is 0 Å². The van der Waals surface area contributed by atoms with Crippen molar-refractivity contribution in [1.82, 2.24) is 5.32 Å². The van der Waals surface area contributed by atoms with Crippen molar-refractivity contribution in [2.24, 2.45) is 0 Å². The number of carbonyl (C=O) groups excluding carboxylic acids is 1. The highest BCUT2D eigenvalue weighted by atomic mass is 16.6. The number of esters is 1. The van der Waals surface area contributed by atoms with E-state index in [0.29, 0.717) is 0 Å². The predicted molar refractivity (Wildman–Crippen MR) is 51.4 cm³/mol. The quantitative estimate of drug-likeness (QED) is 0.491. The van der Waals surface area contributed by atoms with Gasteiger partial charge < -0.3 is 4.74 Å². The Balaban J connectivity index is 2.50. The molecule has 1 aliphatic heterocycles. The lowest BCUT2D eigenvalue weighted by atomic mass is 9.99. The molecule has 1 saturated heterocycles. The van der Waals surface area contributed by atoms with Gasteiger partial charge in [0, 0.05) is 6.54 Å². The second-order valence-corrected chi connectivity index (χ2v) is 4.21. The molecule has 0 aliphatic carbocycles. The molecular weight excluding hydrogens is 166 g/mol. The van der Waals surface area contributed by atoms with Crippen LogP contribution in [0.4, 0.5) is 0 Å². The summed E-state index contributed by atoms with van der Waals surface area (Å²) in [7, 11) is 0. The Bertz CT molecular complexity index is 238. The summed E-state index contributed by atoms with van der Waals surface area (Å²) < 4.78 is 5.23. The zero-order valence-electron chi connectivity index (χ0n) is 8.68. The highest BCUT2D eigenvalue weighted by molar-refractivity contribution is 5.81. The number of rotatable bonds is 1. The van der Waals surface area contributed by atoms with E-state index in [-0.39, 0.29) is 12.0 Å². The number of hydrogen-bond acceptors (Lipinski definition) is 3. The Kier molecular flexibility index (Phi) is 2.76. The fraction of sp³-hybridized carbons (Fsp3) is 0.700. The molecule has 1 rings (SSSR count). The summed E-state index contributed by atoms with van der Waals surface area (Å²) >= 11 is 0. The first-order valence-electron chi connectivity index (χ1n) is 4.55. The van der Waals surface area contributed by atoms with Crippen molar-refractivity contribution < 1.29 is 9.53 Å². The van der Waals surface area contributed by atoms with E-state index in [0.717, 1.165) is 12.1 Å². The molecule has 13 heavy (non-hydrogen) atoms. The van der Waals surface area contributed by atoms with Gasteiger partial charge in [0.05, 0.1) is 0 Å². The van der Waals surface area contributed by atoms with Gasteiger partial charge in [0.15, 0.2) is 0 Å². The van der Waals surface area contributed by atoms with Crippen LogP contribution >= 0.6 is 0 Å². The third-order valence-electron chi connectivity index (χ3n) is 1.89. The third-order valence-corrected chi connectivity index (χ3v) is 1.89. The van der Waals surface area contributed by atoms with Gasteiger partial charge in [0.1, 0.15) is 11.6 Å². The Labute approximate surface area is 79.2 Å². The van der Waals surface area contributed by atoms with Gasteiger partial charge in [-0.25, -0.2) is 4.79 Å². The van der Waals surface area contributed by atoms with Gasteiger partial charge in [-0.15, -0.1) is 0 Å². The molecule has 1 aliphatic rings. The van der Waals surface area contributed by atoms with Crippen molar-refractivity contribution in [3.05, 3.63) is 11.6 Å². The summed E-state index contributed by atoms with van der Waals surface area (Å²) in [5.41, 5.74) is 0.724. The SMILES string of the molecule is C/C=C1/CNC1C(=O)OC(C)(C)C. The van der Waals surface area contributed by atoms with E-state index in [1.807, 2.05) is 33.8 Å². The first kappa shape index (κ1) is 10.3. The maximum absolute atomic E-state index is 11.5. The maximum Gasteiger partial charge on any atom is 0.328 e. The van der Waals surface area contributed by atoms with Gasteiger partial charge in [-0.1, -0.05) is 6.08 Å². The van der Waals surface area contributed by atoms with Crippen molar-refractivity contribution in [2.45, 2.75) is 39.3 Å². The van der Waals surface area contributed by atoms with E-state index in [1.54, 1.807) is 0 Å². The highest BCUT2D eigenvalue weighted by Crippen LogP contribution is 2.16. The molecule has 1 heterocycles. The van der Waals surface area contributed by atoms with E-state index < -0.39 is 5.60 Å². The Morgan fingerprint density at radius 1 is 1.62 bits per heavy atom. The summed E-state index contributed by atoms with van der Waals surface area (Å²) in [6.45, 7) is 8.37. The topological polar surface area (TPSA) is 38.3 Å². The minimum Gasteiger partial charge on any atom is -0.459 e. The van der Waals surface area contributed by atoms with Crippen LogP contribution in [0.25, 0.3) is 0 Å². The van der Waals surface area contributed by atoms with E-state index >= 15 is 0 Å². The van der Waals surface area contributed by atoms with Gasteiger partial charge in [-0.3, -0.25) is 5.32 Å². The van der Waals surface area contributed by atoms with Gasteiger partial charge in [0.2, 0.25) is 0 Å². The molecule has 0 bridgehead atoms. The van der Waals surface area contributed by atoms with Crippen molar-refractivity contribution in [2.75, 3.05) is 6.54 Å². The molecule has 0 amide bonds. The van der Waals surface area contributed by atoms with Crippen LogP contribution < -0.4 is 5.32 Å². The number of allylic oxidation sites excluding steroid dienone is 1. The van der Waals surface area contributed by atoms with Crippen LogP contribution in [0.2, 0.25) is 0 Å². The summed E-state index contributed by atoms with van der Waals surface area (Å²) in [5.74, 6) is -0.174. The lowest BCUT2D eigenvalue weighted by Gasteiger charge is -2.32. The van der Waals surface area contributed by atoms with E-state index in [1.165, 1.54) is 0 Å². The first-order chi connectivity index (χ1) is 5.94. The zero-order chi connectivity index (χ0) is 10.1. The molecule has 1 unspecified atom stereocenters. The molecule has 1 fully saturated rings. The van der Waals surface area contributed by atoms with Gasteiger partial charge in [-0.05, 0) is 33.3 Å². The molecule has 3 heteroatoms. The molecule has 1 atom stereocenters. The molecular formula is C10H17NO2. The summed E-state index contributed by atoms with van der Waals surface area (Å²) in [4.78, 5) is 11.5. The van der Waals surface area contributed by atoms with Crippen LogP contribution in [-0.4, -0.2) is 24.2 Å². The Hall–Kier alpha value is -0.830. The van der Waals surface area contributed by atoms with Crippen LogP contribution in [0.5, 0.6) is 0 Å². The molecule has 0 aromatic heterocycles. The molecule has 0 aromatic carbocycles. The molecule has 0 spiro atoms. The number of ether oxygens (including phenoxy) is 1. The Morgan fingerprint density at radius 2 is 2.23 bits per heavy atom. The molecule has 74 valence electrons. The summed E-state index contributed by atoms with van der Waals surface area (Å²) in [6.07, 6.45) is 1.96. The van der Waals surface area contributed by atoms with Crippen molar-refractivity contribution in [1.29, 1.82) is 0 Å². The molecule has 0 aromatic rings. The van der Waals surface area contributed by atoms with Crippen LogP contribution in [-0.2, 0) is 9.53 Å². The van der Waals surface area contributed by atoms with Gasteiger partial charge in [-0.2, -0.15) is 0 Å². The summed E-state index contributed by atoms with van der Waals surface area (Å²) in [6, 6.07) is -0.204. The zero-order valence-corrected chi connectivity index (χ0v) is 8.68. The third kappa shape index (κ3) is 2.56. The smallest absolute Gasteiger partial charge is 0.328 e. The van der Waals surface area contributed by atoms with Crippen molar-refractivity contribution in [3.63, 3.8) is 0 Å². The normalized spacial score (nSPS) is 25.5. The fourth-order valence-electron chi connectivity index (χ4n) is 1.19. The van der Waals surface area contributed by atoms with E-state index in [9.17, 15) is 4.79 Å². The van der Waals surface area contributed by atoms with Crippen LogP contribution in [0.15, 0.2) is 11.6 Å². The first-order valence-corrected chi connectivity index (χ1v) is 4.55. The van der Waals surface area contributed by atoms with Crippen molar-refractivity contribution >= 4 is 5.97 Å². The average Bonchev–Trinajstić information content (AvgIpc) is 1.80. The average molecular weight is 183 g/mol. The second-order valence-electron chi connectivity index (χ2n) is 4.21. The minimum absolute atomic E-state index is 0.174. The highest BCUT2D eigenvalue weighted by Gasteiger charge is 2.33. The molecule has 0 saturated carbocycles. The standard InChI is InChI=1S/C10H17NO2/c1-5-7-6-11-8(7)9(12)13-10(2,3)4/h5,8,11H,6H2,1-4H3/b7-5-. The molecule has 3 nitrogen and oxygen atoms in total. The predicted octanol–water partition coefficient (Wildman–Crippen LogP) is 1.25. The van der Waals surface area contributed by atoms with E-state index in [2.05, 4.69) is 5.32 Å². The maximum atomic E-state index is 11.5. The number of carbonyl (C=O) groups is 1. The largest absolute Gasteiger partial charge is 0.459 e. The Morgan fingerprint density at radius 3 is 2.54 bits per heavy atom. The fourth-order valence-corrected chi connectivity index (χ4v) is 1.19. The minimum atomic E-state index is -0.396. The number of nitrogens with one attached hydrogen (secondary N) is 1. The lowest BCUT2D eigenvalue weighted by molar-refractivity contribution is -0.157. The lowest BCUT2D eigenvalue weighted by Crippen LogP contribution is -2.53. The van der Waals surface area contributed by atoms with Crippen molar-refractivity contribution in [3.8, 4) is 0 Å².